The molecule has 0 saturated heterocycles. The van der Waals surface area contributed by atoms with Gasteiger partial charge in [0.25, 0.3) is 0 Å². The maximum absolute atomic E-state index is 12.4. The molecule has 0 fully saturated rings. The van der Waals surface area contributed by atoms with Gasteiger partial charge in [-0.3, -0.25) is 5.43 Å². The number of hydrogen-bond acceptors (Lipinski definition) is 10. The number of nitrogens with zero attached hydrogens (tertiary/aromatic N) is 1. The van der Waals surface area contributed by atoms with Gasteiger partial charge in [-0.2, -0.15) is 5.10 Å². The Kier molecular flexibility index (Phi) is 9.68. The first kappa shape index (κ1) is 30.7. The highest BCUT2D eigenvalue weighted by Crippen LogP contribution is 2.35. The molecular formula is C30H32N4O9. The number of carbonyl (C=O) groups is 3. The van der Waals surface area contributed by atoms with Gasteiger partial charge in [0, 0.05) is 11.3 Å². The number of aliphatic hydroxyl groups excluding tert-OH is 1. The van der Waals surface area contributed by atoms with Gasteiger partial charge in [0.05, 0.1) is 37.1 Å². The summed E-state index contributed by atoms with van der Waals surface area (Å²) >= 11 is 0. The van der Waals surface area contributed by atoms with Crippen LogP contribution in [0.15, 0.2) is 69.3 Å². The summed E-state index contributed by atoms with van der Waals surface area (Å²) in [5.74, 6) is -0.0935. The van der Waals surface area contributed by atoms with E-state index in [1.165, 1.54) is 25.5 Å². The predicted molar refractivity (Wildman–Crippen MR) is 155 cm³/mol. The second kappa shape index (κ2) is 13.6. The Hall–Kier alpha value is -5.30. The minimum absolute atomic E-state index is 0.148. The molecule has 226 valence electrons. The van der Waals surface area contributed by atoms with Crippen molar-refractivity contribution in [3.05, 3.63) is 82.3 Å². The van der Waals surface area contributed by atoms with Crippen LogP contribution in [0.25, 0.3) is 11.3 Å². The summed E-state index contributed by atoms with van der Waals surface area (Å²) in [7, 11) is 1.26. The first-order chi connectivity index (χ1) is 20.6. The van der Waals surface area contributed by atoms with E-state index >= 15 is 0 Å². The van der Waals surface area contributed by atoms with Gasteiger partial charge < -0.3 is 39.5 Å². The summed E-state index contributed by atoms with van der Waals surface area (Å²) < 4.78 is 22.1. The number of methoxy groups -OCH3 is 1. The molecule has 43 heavy (non-hydrogen) atoms. The molecule has 5 N–H and O–H groups in total. The monoisotopic (exact) mass is 592 g/mol. The molecule has 0 radical (unpaired) electrons. The van der Waals surface area contributed by atoms with Crippen LogP contribution in [0, 0.1) is 6.92 Å². The van der Waals surface area contributed by atoms with Crippen molar-refractivity contribution in [2.45, 2.75) is 33.0 Å². The van der Waals surface area contributed by atoms with Crippen LogP contribution in [0.2, 0.25) is 0 Å². The molecule has 1 aliphatic rings. The van der Waals surface area contributed by atoms with Crippen molar-refractivity contribution in [3.8, 4) is 22.8 Å². The molecule has 13 heteroatoms. The number of furan rings is 1. The molecule has 1 aromatic heterocycles. The summed E-state index contributed by atoms with van der Waals surface area (Å²) in [6.45, 7) is 5.37. The van der Waals surface area contributed by atoms with Crippen LogP contribution in [-0.4, -0.2) is 60.9 Å². The average molecular weight is 593 g/mol. The van der Waals surface area contributed by atoms with Gasteiger partial charge in [-0.1, -0.05) is 12.1 Å². The number of aryl methyl sites for hydroxylation is 1. The van der Waals surface area contributed by atoms with E-state index in [4.69, 9.17) is 18.6 Å². The van der Waals surface area contributed by atoms with Crippen LogP contribution in [0.1, 0.15) is 47.1 Å². The van der Waals surface area contributed by atoms with Crippen LogP contribution in [0.5, 0.6) is 11.5 Å². The summed E-state index contributed by atoms with van der Waals surface area (Å²) in [5.41, 5.74) is 5.38. The number of carbonyl (C=O) groups excluding carboxylic acids is 2. The Morgan fingerprint density at radius 2 is 1.91 bits per heavy atom. The summed E-state index contributed by atoms with van der Waals surface area (Å²) in [6, 6.07) is 11.8. The Morgan fingerprint density at radius 1 is 1.12 bits per heavy atom. The number of aliphatic hydroxyl groups is 1. The average Bonchev–Trinajstić information content (AvgIpc) is 3.44. The Balaban J connectivity index is 1.40. The number of amides is 2. The van der Waals surface area contributed by atoms with E-state index in [2.05, 4.69) is 21.2 Å². The van der Waals surface area contributed by atoms with Crippen LogP contribution < -0.4 is 25.5 Å². The normalized spacial score (nSPS) is 15.5. The van der Waals surface area contributed by atoms with E-state index in [1.54, 1.807) is 50.2 Å². The fourth-order valence-corrected chi connectivity index (χ4v) is 4.40. The Bertz CT molecular complexity index is 1580. The van der Waals surface area contributed by atoms with Crippen molar-refractivity contribution in [3.63, 3.8) is 0 Å². The first-order valence-electron chi connectivity index (χ1n) is 13.3. The molecule has 0 aliphatic carbocycles. The summed E-state index contributed by atoms with van der Waals surface area (Å²) in [4.78, 5) is 35.9. The predicted octanol–water partition coefficient (Wildman–Crippen LogP) is 3.47. The highest BCUT2D eigenvalue weighted by Gasteiger charge is 2.32. The quantitative estimate of drug-likeness (QED) is 0.0904. The molecule has 0 saturated carbocycles. The zero-order valence-electron chi connectivity index (χ0n) is 24.0. The number of benzene rings is 2. The third-order valence-electron chi connectivity index (χ3n) is 6.46. The number of esters is 1. The van der Waals surface area contributed by atoms with Crippen LogP contribution in [0.3, 0.4) is 0 Å². The zero-order chi connectivity index (χ0) is 31.1. The van der Waals surface area contributed by atoms with Crippen molar-refractivity contribution < 1.29 is 43.2 Å². The van der Waals surface area contributed by atoms with E-state index in [0.29, 0.717) is 46.5 Å². The van der Waals surface area contributed by atoms with Crippen LogP contribution in [0.4, 0.5) is 4.79 Å². The van der Waals surface area contributed by atoms with Crippen LogP contribution in [-0.2, 0) is 9.53 Å². The lowest BCUT2D eigenvalue weighted by Gasteiger charge is -2.28. The number of nitrogens with one attached hydrogen (secondary N) is 3. The maximum atomic E-state index is 12.4. The molecule has 2 atom stereocenters. The molecule has 4 rings (SSSR count). The van der Waals surface area contributed by atoms with Crippen molar-refractivity contribution in [1.82, 2.24) is 16.1 Å². The molecule has 2 aromatic carbocycles. The number of allylic oxidation sites excluding steroid dienone is 1. The van der Waals surface area contributed by atoms with E-state index in [1.807, 2.05) is 6.92 Å². The molecule has 0 unspecified atom stereocenters. The minimum atomic E-state index is -1.20. The van der Waals surface area contributed by atoms with Gasteiger partial charge in [0.1, 0.15) is 18.1 Å². The number of hydrogen-bond donors (Lipinski definition) is 5. The second-order valence-corrected chi connectivity index (χ2v) is 9.45. The van der Waals surface area contributed by atoms with Gasteiger partial charge >= 0.3 is 18.0 Å². The zero-order valence-corrected chi connectivity index (χ0v) is 24.0. The topological polar surface area (TPSA) is 181 Å². The van der Waals surface area contributed by atoms with Crippen molar-refractivity contribution in [2.75, 3.05) is 20.3 Å². The van der Waals surface area contributed by atoms with E-state index in [-0.39, 0.29) is 17.7 Å². The smallest absolute Gasteiger partial charge is 0.337 e. The van der Waals surface area contributed by atoms with Crippen LogP contribution >= 0.6 is 0 Å². The maximum Gasteiger partial charge on any atom is 0.337 e. The molecule has 1 aliphatic heterocycles. The van der Waals surface area contributed by atoms with E-state index in [9.17, 15) is 24.6 Å². The van der Waals surface area contributed by atoms with Crippen molar-refractivity contribution in [1.29, 1.82) is 0 Å². The number of urea groups is 1. The lowest BCUT2D eigenvalue weighted by atomic mass is 9.95. The second-order valence-electron chi connectivity index (χ2n) is 9.45. The number of carboxylic acids is 1. The van der Waals surface area contributed by atoms with E-state index in [0.717, 1.165) is 5.56 Å². The molecule has 2 heterocycles. The van der Waals surface area contributed by atoms with Gasteiger partial charge in [0.2, 0.25) is 0 Å². The molecule has 0 bridgehead atoms. The van der Waals surface area contributed by atoms with Gasteiger partial charge in [-0.25, -0.2) is 14.4 Å². The van der Waals surface area contributed by atoms with E-state index < -0.39 is 30.2 Å². The molecule has 0 spiro atoms. The molecule has 2 amide bonds. The standard InChI is InChI=1S/C30H32N4O9/c1-5-41-24-13-18(27-26(29(38)40-4)17(3)32-30(39)33-27)8-10-23(24)42-15-25(35)34-31-14-20-9-11-22(43-20)21-12-19(28(36)37)7-6-16(21)2/h6-14,25,27,34-35H,5,15H2,1-4H3,(H,36,37)(H2,32,33,39)/b31-14-/t25-,27-/m0/s1. The first-order valence-corrected chi connectivity index (χ1v) is 13.3. The molecule has 3 aromatic rings. The number of rotatable bonds is 12. The van der Waals surface area contributed by atoms with Gasteiger partial charge in [-0.15, -0.1) is 0 Å². The highest BCUT2D eigenvalue weighted by atomic mass is 16.5. The number of aromatic carboxylic acids is 1. The fourth-order valence-electron chi connectivity index (χ4n) is 4.40. The SMILES string of the molecule is CCOc1cc([C@@H]2NC(=O)NC(C)=C2C(=O)OC)ccc1OC[C@H](O)N/N=C\c1ccc(-c2cc(C(=O)O)ccc2C)o1. The lowest BCUT2D eigenvalue weighted by Crippen LogP contribution is -2.45. The molecule has 13 nitrogen and oxygen atoms in total. The number of carboxylic acid groups (broad SMARTS) is 1. The van der Waals surface area contributed by atoms with Gasteiger partial charge in [-0.05, 0) is 68.3 Å². The summed E-state index contributed by atoms with van der Waals surface area (Å²) in [5, 5.41) is 28.9. The third-order valence-corrected chi connectivity index (χ3v) is 6.46. The van der Waals surface area contributed by atoms with Crippen molar-refractivity contribution >= 4 is 24.2 Å². The number of ether oxygens (including phenoxy) is 3. The highest BCUT2D eigenvalue weighted by molar-refractivity contribution is 5.95. The Morgan fingerprint density at radius 3 is 2.63 bits per heavy atom. The van der Waals surface area contributed by atoms with Crippen molar-refractivity contribution in [2.24, 2.45) is 5.10 Å². The Labute approximate surface area is 247 Å². The van der Waals surface area contributed by atoms with Gasteiger partial charge in [0.15, 0.2) is 17.7 Å². The third kappa shape index (κ3) is 7.32. The summed E-state index contributed by atoms with van der Waals surface area (Å²) in [6.07, 6.45) is 0.167. The number of hydrazone groups is 1. The molecular weight excluding hydrogens is 560 g/mol. The fraction of sp³-hybridized carbons (Fsp3) is 0.267. The lowest BCUT2D eigenvalue weighted by molar-refractivity contribution is -0.136. The largest absolute Gasteiger partial charge is 0.490 e. The minimum Gasteiger partial charge on any atom is -0.490 e.